The summed E-state index contributed by atoms with van der Waals surface area (Å²) in [5.74, 6) is 0.833. The monoisotopic (exact) mass is 260 g/mol. The van der Waals surface area contributed by atoms with Crippen molar-refractivity contribution in [3.63, 3.8) is 0 Å². The zero-order valence-corrected chi connectivity index (χ0v) is 11.2. The van der Waals surface area contributed by atoms with Gasteiger partial charge in [-0.3, -0.25) is 0 Å². The van der Waals surface area contributed by atoms with Gasteiger partial charge in [0.25, 0.3) is 0 Å². The molecular weight excluding hydrogens is 240 g/mol. The van der Waals surface area contributed by atoms with Crippen LogP contribution in [-0.2, 0) is 4.74 Å². The van der Waals surface area contributed by atoms with Crippen molar-refractivity contribution in [2.45, 2.75) is 13.3 Å². The fraction of sp³-hybridized carbons (Fsp3) is 0.429. The van der Waals surface area contributed by atoms with Crippen molar-refractivity contribution in [3.05, 3.63) is 30.0 Å². The highest BCUT2D eigenvalue weighted by Gasteiger charge is 2.04. The lowest BCUT2D eigenvalue weighted by molar-refractivity contribution is 0.141. The largest absolute Gasteiger partial charge is 0.380 e. The molecule has 19 heavy (non-hydrogen) atoms. The van der Waals surface area contributed by atoms with Gasteiger partial charge in [-0.25, -0.2) is 0 Å². The molecule has 0 spiro atoms. The van der Waals surface area contributed by atoms with E-state index in [2.05, 4.69) is 27.6 Å². The number of rotatable bonds is 7. The number of nitrogens with one attached hydrogen (secondary N) is 1. The number of fused-ring (bicyclic) bond motifs is 1. The summed E-state index contributed by atoms with van der Waals surface area (Å²) in [7, 11) is 0. The van der Waals surface area contributed by atoms with E-state index in [9.17, 15) is 0 Å². The molecule has 1 aromatic carbocycles. The summed E-state index contributed by atoms with van der Waals surface area (Å²) in [6, 6.07) is 8.15. The highest BCUT2D eigenvalue weighted by molar-refractivity contribution is 5.92. The van der Waals surface area contributed by atoms with Crippen LogP contribution in [0.1, 0.15) is 12.1 Å². The highest BCUT2D eigenvalue weighted by atomic mass is 16.5. The number of hydrogen-bond acceptors (Lipinski definition) is 5. The molecule has 0 saturated carbocycles. The molecule has 102 valence electrons. The Labute approximate surface area is 113 Å². The van der Waals surface area contributed by atoms with Crippen molar-refractivity contribution in [1.82, 2.24) is 10.2 Å². The molecule has 0 fully saturated rings. The molecule has 0 aliphatic carbocycles. The van der Waals surface area contributed by atoms with Crippen LogP contribution < -0.4 is 11.1 Å². The minimum Gasteiger partial charge on any atom is -0.380 e. The molecule has 2 aromatic rings. The zero-order chi connectivity index (χ0) is 13.5. The van der Waals surface area contributed by atoms with Crippen LogP contribution in [0, 0.1) is 6.92 Å². The van der Waals surface area contributed by atoms with Crippen LogP contribution in [0.4, 0.5) is 5.82 Å². The van der Waals surface area contributed by atoms with Crippen molar-refractivity contribution < 1.29 is 4.74 Å². The summed E-state index contributed by atoms with van der Waals surface area (Å²) in [5, 5.41) is 13.9. The third kappa shape index (κ3) is 3.62. The Balaban J connectivity index is 1.96. The third-order valence-electron chi connectivity index (χ3n) is 2.89. The maximum Gasteiger partial charge on any atom is 0.156 e. The smallest absolute Gasteiger partial charge is 0.156 e. The predicted molar refractivity (Wildman–Crippen MR) is 77.3 cm³/mol. The van der Waals surface area contributed by atoms with Gasteiger partial charge in [-0.05, 0) is 13.3 Å². The molecule has 0 radical (unpaired) electrons. The van der Waals surface area contributed by atoms with Gasteiger partial charge in [-0.15, -0.1) is 5.10 Å². The first kappa shape index (κ1) is 13.7. The molecular formula is C14H20N4O. The molecule has 0 aliphatic rings. The van der Waals surface area contributed by atoms with Gasteiger partial charge in [0.2, 0.25) is 0 Å². The van der Waals surface area contributed by atoms with Gasteiger partial charge < -0.3 is 15.8 Å². The number of anilines is 1. The quantitative estimate of drug-likeness (QED) is 0.741. The first-order valence-corrected chi connectivity index (χ1v) is 6.56. The van der Waals surface area contributed by atoms with E-state index in [-0.39, 0.29) is 0 Å². The van der Waals surface area contributed by atoms with Gasteiger partial charge in [0, 0.05) is 30.5 Å². The van der Waals surface area contributed by atoms with E-state index in [1.54, 1.807) is 0 Å². The molecule has 5 heteroatoms. The predicted octanol–water partition coefficient (Wildman–Crippen LogP) is 1.72. The molecule has 3 N–H and O–H groups in total. The van der Waals surface area contributed by atoms with Crippen LogP contribution in [0.15, 0.2) is 24.3 Å². The summed E-state index contributed by atoms with van der Waals surface area (Å²) in [5.41, 5.74) is 6.30. The number of aromatic nitrogens is 2. The molecule has 2 rings (SSSR count). The van der Waals surface area contributed by atoms with Gasteiger partial charge in [-0.1, -0.05) is 24.3 Å². The number of hydrogen-bond donors (Lipinski definition) is 2. The maximum absolute atomic E-state index is 5.35. The van der Waals surface area contributed by atoms with Crippen LogP contribution in [-0.4, -0.2) is 36.5 Å². The second-order valence-electron chi connectivity index (χ2n) is 4.36. The topological polar surface area (TPSA) is 73.1 Å². The zero-order valence-electron chi connectivity index (χ0n) is 11.2. The molecule has 0 amide bonds. The van der Waals surface area contributed by atoms with Crippen LogP contribution >= 0.6 is 0 Å². The van der Waals surface area contributed by atoms with Crippen molar-refractivity contribution in [2.24, 2.45) is 5.73 Å². The minimum absolute atomic E-state index is 0.571. The van der Waals surface area contributed by atoms with E-state index in [4.69, 9.17) is 10.5 Å². The Morgan fingerprint density at radius 2 is 1.95 bits per heavy atom. The molecule has 0 unspecified atom stereocenters. The molecule has 0 bridgehead atoms. The number of nitrogens with two attached hydrogens (primary N) is 1. The number of nitrogens with zero attached hydrogens (tertiary/aromatic N) is 2. The fourth-order valence-corrected chi connectivity index (χ4v) is 1.93. The summed E-state index contributed by atoms with van der Waals surface area (Å²) >= 11 is 0. The summed E-state index contributed by atoms with van der Waals surface area (Å²) in [6.45, 7) is 4.68. The van der Waals surface area contributed by atoms with Crippen LogP contribution in [0.2, 0.25) is 0 Å². The Morgan fingerprint density at radius 1 is 1.16 bits per heavy atom. The normalized spacial score (nSPS) is 10.8. The van der Waals surface area contributed by atoms with Crippen LogP contribution in [0.25, 0.3) is 10.8 Å². The minimum atomic E-state index is 0.571. The van der Waals surface area contributed by atoms with Gasteiger partial charge in [0.15, 0.2) is 5.82 Å². The van der Waals surface area contributed by atoms with E-state index in [0.29, 0.717) is 19.8 Å². The lowest BCUT2D eigenvalue weighted by atomic mass is 10.1. The van der Waals surface area contributed by atoms with Crippen molar-refractivity contribution in [3.8, 4) is 0 Å². The lowest BCUT2D eigenvalue weighted by Gasteiger charge is -2.09. The van der Waals surface area contributed by atoms with Crippen molar-refractivity contribution >= 4 is 16.6 Å². The first-order chi connectivity index (χ1) is 9.33. The Hall–Kier alpha value is -1.72. The standard InChI is InChI=1S/C14H20N4O/c1-11-12-5-2-3-6-13(12)14(18-17-11)16-8-4-9-19-10-7-15/h2-3,5-6H,4,7-10,15H2,1H3,(H,16,18). The number of ether oxygens (including phenoxy) is 1. The SMILES string of the molecule is Cc1nnc(NCCCOCCN)c2ccccc12. The van der Waals surface area contributed by atoms with Gasteiger partial charge in [-0.2, -0.15) is 5.10 Å². The van der Waals surface area contributed by atoms with Crippen LogP contribution in [0.3, 0.4) is 0 Å². The van der Waals surface area contributed by atoms with E-state index in [0.717, 1.165) is 35.2 Å². The highest BCUT2D eigenvalue weighted by Crippen LogP contribution is 2.21. The average Bonchev–Trinajstić information content (AvgIpc) is 2.45. The van der Waals surface area contributed by atoms with Crippen molar-refractivity contribution in [1.29, 1.82) is 0 Å². The van der Waals surface area contributed by atoms with E-state index >= 15 is 0 Å². The van der Waals surface area contributed by atoms with E-state index < -0.39 is 0 Å². The molecule has 0 atom stereocenters. The Morgan fingerprint density at radius 3 is 2.74 bits per heavy atom. The lowest BCUT2D eigenvalue weighted by Crippen LogP contribution is -2.12. The molecule has 0 saturated heterocycles. The summed E-state index contributed by atoms with van der Waals surface area (Å²) in [6.07, 6.45) is 0.921. The third-order valence-corrected chi connectivity index (χ3v) is 2.89. The Bertz CT molecular complexity index is 530. The average molecular weight is 260 g/mol. The maximum atomic E-state index is 5.35. The fourth-order valence-electron chi connectivity index (χ4n) is 1.93. The second-order valence-corrected chi connectivity index (χ2v) is 4.36. The number of aryl methyl sites for hydroxylation is 1. The molecule has 0 aliphatic heterocycles. The molecule has 1 heterocycles. The van der Waals surface area contributed by atoms with Crippen LogP contribution in [0.5, 0.6) is 0 Å². The summed E-state index contributed by atoms with van der Waals surface area (Å²) in [4.78, 5) is 0. The van der Waals surface area contributed by atoms with E-state index in [1.165, 1.54) is 0 Å². The Kier molecular flexibility index (Phi) is 5.06. The van der Waals surface area contributed by atoms with Gasteiger partial charge >= 0.3 is 0 Å². The van der Waals surface area contributed by atoms with Gasteiger partial charge in [0.1, 0.15) is 0 Å². The second kappa shape index (κ2) is 7.01. The van der Waals surface area contributed by atoms with Crippen molar-refractivity contribution in [2.75, 3.05) is 31.6 Å². The summed E-state index contributed by atoms with van der Waals surface area (Å²) < 4.78 is 5.33. The number of benzene rings is 1. The first-order valence-electron chi connectivity index (χ1n) is 6.56. The molecule has 1 aromatic heterocycles. The van der Waals surface area contributed by atoms with Gasteiger partial charge in [0.05, 0.1) is 12.3 Å². The molecule has 5 nitrogen and oxygen atoms in total. The van der Waals surface area contributed by atoms with E-state index in [1.807, 2.05) is 19.1 Å².